The third-order valence-electron chi connectivity index (χ3n) is 7.74. The summed E-state index contributed by atoms with van der Waals surface area (Å²) in [6.07, 6.45) is 0.872. The molecule has 0 aliphatic heterocycles. The minimum atomic E-state index is -0.135. The number of carbonyl (C=O) groups is 1. The van der Waals surface area contributed by atoms with Crippen LogP contribution < -0.4 is 9.80 Å². The molecule has 3 aromatic rings. The lowest BCUT2D eigenvalue weighted by molar-refractivity contribution is 0.0968. The molecule has 0 saturated carbocycles. The zero-order valence-electron chi connectivity index (χ0n) is 20.3. The summed E-state index contributed by atoms with van der Waals surface area (Å²) in [6.45, 7) is 12.8. The molecule has 3 heteroatoms. The first-order chi connectivity index (χ1) is 16.1. The van der Waals surface area contributed by atoms with Gasteiger partial charge in [-0.1, -0.05) is 36.4 Å². The van der Waals surface area contributed by atoms with E-state index in [9.17, 15) is 4.79 Å². The van der Waals surface area contributed by atoms with Crippen molar-refractivity contribution in [3.8, 4) is 0 Å². The maximum Gasteiger partial charge on any atom is 0.171 e. The summed E-state index contributed by atoms with van der Waals surface area (Å²) in [7, 11) is 0. The monoisotopic (exact) mass is 438 g/mol. The predicted molar refractivity (Wildman–Crippen MR) is 138 cm³/mol. The number of carbonyl (C=O) groups excluding carboxylic acids is 1. The maximum atomic E-state index is 13.7. The van der Waals surface area contributed by atoms with Gasteiger partial charge in [-0.25, -0.2) is 0 Å². The van der Waals surface area contributed by atoms with E-state index < -0.39 is 0 Å². The van der Waals surface area contributed by atoms with Gasteiger partial charge in [-0.15, -0.1) is 0 Å². The molecule has 3 nitrogen and oxygen atoms in total. The van der Waals surface area contributed by atoms with Crippen LogP contribution in [0.15, 0.2) is 60.7 Å². The number of hydrogen-bond donors (Lipinski definition) is 0. The quantitative estimate of drug-likeness (QED) is 0.445. The zero-order valence-corrected chi connectivity index (χ0v) is 20.3. The van der Waals surface area contributed by atoms with Crippen LogP contribution in [0.2, 0.25) is 0 Å². The molecule has 0 amide bonds. The van der Waals surface area contributed by atoms with Gasteiger partial charge in [0.05, 0.1) is 5.92 Å². The number of rotatable bonds is 6. The molecule has 5 rings (SSSR count). The average Bonchev–Trinajstić information content (AvgIpc) is 3.04. The topological polar surface area (TPSA) is 23.6 Å². The molecule has 0 bridgehead atoms. The van der Waals surface area contributed by atoms with Crippen LogP contribution in [0.5, 0.6) is 0 Å². The van der Waals surface area contributed by atoms with E-state index in [-0.39, 0.29) is 17.6 Å². The molecule has 0 fully saturated rings. The first-order valence-electron chi connectivity index (χ1n) is 12.5. The van der Waals surface area contributed by atoms with Crippen molar-refractivity contribution in [1.29, 1.82) is 0 Å². The number of ketones is 1. The molecule has 33 heavy (non-hydrogen) atoms. The van der Waals surface area contributed by atoms with Crippen LogP contribution in [-0.4, -0.2) is 32.0 Å². The van der Waals surface area contributed by atoms with E-state index in [0.29, 0.717) is 0 Å². The van der Waals surface area contributed by atoms with Gasteiger partial charge in [0.1, 0.15) is 0 Å². The summed E-state index contributed by atoms with van der Waals surface area (Å²) in [5.41, 5.74) is 9.78. The van der Waals surface area contributed by atoms with Gasteiger partial charge in [0, 0.05) is 49.0 Å². The van der Waals surface area contributed by atoms with Gasteiger partial charge in [0.25, 0.3) is 0 Å². The lowest BCUT2D eigenvalue weighted by Crippen LogP contribution is -2.22. The Hall–Kier alpha value is -3.07. The molecular formula is C30H34N2O. The number of anilines is 2. The van der Waals surface area contributed by atoms with E-state index in [4.69, 9.17) is 0 Å². The second-order valence-corrected chi connectivity index (χ2v) is 9.19. The van der Waals surface area contributed by atoms with Gasteiger partial charge in [-0.3, -0.25) is 4.79 Å². The minimum absolute atomic E-state index is 0.0926. The summed E-state index contributed by atoms with van der Waals surface area (Å²) >= 11 is 0. The van der Waals surface area contributed by atoms with Gasteiger partial charge in [0.2, 0.25) is 0 Å². The highest BCUT2D eigenvalue weighted by Crippen LogP contribution is 2.52. The molecule has 2 aliphatic rings. The average molecular weight is 439 g/mol. The van der Waals surface area contributed by atoms with E-state index in [0.717, 1.165) is 38.2 Å². The smallest absolute Gasteiger partial charge is 0.171 e. The molecule has 0 N–H and O–H groups in total. The van der Waals surface area contributed by atoms with Crippen molar-refractivity contribution < 1.29 is 4.79 Å². The first-order valence-corrected chi connectivity index (χ1v) is 12.5. The summed E-state index contributed by atoms with van der Waals surface area (Å²) < 4.78 is 0. The Morgan fingerprint density at radius 1 is 0.667 bits per heavy atom. The van der Waals surface area contributed by atoms with Gasteiger partial charge in [0.15, 0.2) is 5.78 Å². The van der Waals surface area contributed by atoms with Crippen molar-refractivity contribution in [1.82, 2.24) is 0 Å². The van der Waals surface area contributed by atoms with E-state index in [1.54, 1.807) is 0 Å². The Morgan fingerprint density at radius 3 is 1.73 bits per heavy atom. The third kappa shape index (κ3) is 3.45. The van der Waals surface area contributed by atoms with Crippen molar-refractivity contribution in [3.05, 3.63) is 94.0 Å². The Balaban J connectivity index is 1.73. The largest absolute Gasteiger partial charge is 0.372 e. The number of hydrogen-bond acceptors (Lipinski definition) is 3. The third-order valence-corrected chi connectivity index (χ3v) is 7.74. The molecule has 2 atom stereocenters. The Bertz CT molecular complexity index is 1190. The summed E-state index contributed by atoms with van der Waals surface area (Å²) in [5, 5.41) is 0. The van der Waals surface area contributed by atoms with Crippen LogP contribution in [0.3, 0.4) is 0 Å². The number of benzene rings is 3. The molecule has 3 aromatic carbocycles. The van der Waals surface area contributed by atoms with Crippen LogP contribution in [0.1, 0.15) is 77.7 Å². The second-order valence-electron chi connectivity index (χ2n) is 9.19. The normalized spacial score (nSPS) is 18.1. The van der Waals surface area contributed by atoms with Crippen molar-refractivity contribution in [2.75, 3.05) is 36.0 Å². The van der Waals surface area contributed by atoms with Crippen LogP contribution in [0.4, 0.5) is 11.4 Å². The van der Waals surface area contributed by atoms with Gasteiger partial charge in [-0.05, 0) is 86.2 Å². The number of fused-ring (bicyclic) bond motifs is 7. The van der Waals surface area contributed by atoms with Crippen LogP contribution in [0.25, 0.3) is 0 Å². The molecule has 0 aromatic heterocycles. The lowest BCUT2D eigenvalue weighted by atomic mass is 9.81. The molecular weight excluding hydrogens is 404 g/mol. The van der Waals surface area contributed by atoms with Crippen LogP contribution >= 0.6 is 0 Å². The van der Waals surface area contributed by atoms with E-state index in [1.165, 1.54) is 39.2 Å². The van der Waals surface area contributed by atoms with Gasteiger partial charge >= 0.3 is 0 Å². The Morgan fingerprint density at radius 2 is 1.18 bits per heavy atom. The minimum Gasteiger partial charge on any atom is -0.372 e. The Kier molecular flexibility index (Phi) is 5.74. The fourth-order valence-corrected chi connectivity index (χ4v) is 6.03. The standard InChI is InChI=1S/C30H34N2O/c1-5-31(6-2)22-13-15-24-20(18-22)17-21-19-23(32(7-3)8-4)14-16-25(21)29-28(24)26-11-9-10-12-27(26)30(29)33/h9-16,18-19,28-29H,5-8,17H2,1-4H3. The first kappa shape index (κ1) is 21.8. The SMILES string of the molecule is CCN(CC)c1ccc2c(c1)Cc1cc(N(CC)CC)ccc1C1c3ccccc3C(=O)C21. The molecule has 0 radical (unpaired) electrons. The van der Waals surface area contributed by atoms with Crippen molar-refractivity contribution in [3.63, 3.8) is 0 Å². The summed E-state index contributed by atoms with van der Waals surface area (Å²) in [4.78, 5) is 18.5. The van der Waals surface area contributed by atoms with E-state index in [1.807, 2.05) is 12.1 Å². The van der Waals surface area contributed by atoms with Crippen molar-refractivity contribution >= 4 is 17.2 Å². The van der Waals surface area contributed by atoms with Crippen molar-refractivity contribution in [2.45, 2.75) is 46.0 Å². The van der Waals surface area contributed by atoms with Crippen LogP contribution in [-0.2, 0) is 6.42 Å². The molecule has 170 valence electrons. The molecule has 0 saturated heterocycles. The fraction of sp³-hybridized carbons (Fsp3) is 0.367. The highest BCUT2D eigenvalue weighted by Gasteiger charge is 2.44. The van der Waals surface area contributed by atoms with Crippen LogP contribution in [0, 0.1) is 0 Å². The van der Waals surface area contributed by atoms with E-state index in [2.05, 4.69) is 86.0 Å². The molecule has 2 aliphatic carbocycles. The number of Topliss-reactive ketones (excluding diaryl/α,β-unsaturated/α-hetero) is 1. The van der Waals surface area contributed by atoms with E-state index >= 15 is 0 Å². The maximum absolute atomic E-state index is 13.7. The molecule has 0 spiro atoms. The summed E-state index contributed by atoms with van der Waals surface area (Å²) in [6, 6.07) is 22.0. The second kappa shape index (κ2) is 8.70. The Labute approximate surface area is 198 Å². The van der Waals surface area contributed by atoms with Gasteiger partial charge < -0.3 is 9.80 Å². The van der Waals surface area contributed by atoms with Gasteiger partial charge in [-0.2, -0.15) is 0 Å². The fourth-order valence-electron chi connectivity index (χ4n) is 6.03. The summed E-state index contributed by atoms with van der Waals surface area (Å²) in [5.74, 6) is 0.229. The molecule has 2 unspecified atom stereocenters. The lowest BCUT2D eigenvalue weighted by Gasteiger charge is -2.25. The molecule has 0 heterocycles. The predicted octanol–water partition coefficient (Wildman–Crippen LogP) is 6.40. The van der Waals surface area contributed by atoms with Crippen molar-refractivity contribution in [2.24, 2.45) is 0 Å². The zero-order chi connectivity index (χ0) is 23.1. The highest BCUT2D eigenvalue weighted by molar-refractivity contribution is 6.07. The number of nitrogens with zero attached hydrogens (tertiary/aromatic N) is 2. The highest BCUT2D eigenvalue weighted by atomic mass is 16.1.